The molecular weight excluding hydrogens is 262 g/mol. The topological polar surface area (TPSA) is 55.6 Å². The van der Waals surface area contributed by atoms with Crippen molar-refractivity contribution in [1.29, 1.82) is 0 Å². The van der Waals surface area contributed by atoms with Gasteiger partial charge in [-0.3, -0.25) is 0 Å². The minimum Gasteiger partial charge on any atom is -0.311 e. The maximum absolute atomic E-state index is 5.97. The molecule has 102 valence electrons. The van der Waals surface area contributed by atoms with Gasteiger partial charge in [0.05, 0.1) is 22.6 Å². The normalized spacial score (nSPS) is 11.2. The molecular formula is C13H18ClN5. The molecule has 0 aliphatic rings. The summed E-state index contributed by atoms with van der Waals surface area (Å²) in [5.41, 5.74) is 1.70. The minimum absolute atomic E-state index is 0.626. The second-order valence-corrected chi connectivity index (χ2v) is 5.32. The Bertz CT molecular complexity index is 513. The van der Waals surface area contributed by atoms with E-state index in [1.807, 2.05) is 19.1 Å². The van der Waals surface area contributed by atoms with Gasteiger partial charge in [0.15, 0.2) is 5.82 Å². The van der Waals surface area contributed by atoms with E-state index in [1.54, 1.807) is 10.9 Å². The third-order valence-electron chi connectivity index (χ3n) is 2.64. The van der Waals surface area contributed by atoms with Gasteiger partial charge in [0.2, 0.25) is 0 Å². The zero-order valence-corrected chi connectivity index (χ0v) is 12.1. The van der Waals surface area contributed by atoms with Crippen molar-refractivity contribution in [2.24, 2.45) is 5.92 Å². The molecule has 5 nitrogen and oxygen atoms in total. The lowest BCUT2D eigenvalue weighted by Crippen LogP contribution is -2.20. The van der Waals surface area contributed by atoms with Gasteiger partial charge >= 0.3 is 0 Å². The van der Waals surface area contributed by atoms with Crippen LogP contribution in [0.5, 0.6) is 0 Å². The summed E-state index contributed by atoms with van der Waals surface area (Å²) in [5.74, 6) is 1.30. The van der Waals surface area contributed by atoms with Gasteiger partial charge in [0, 0.05) is 6.54 Å². The first-order valence-corrected chi connectivity index (χ1v) is 6.69. The second kappa shape index (κ2) is 6.12. The molecule has 0 aliphatic carbocycles. The molecule has 0 radical (unpaired) electrons. The minimum atomic E-state index is 0.626. The standard InChI is InChI=1S/C13H18ClN5/c1-9(2)6-15-7-11-4-5-13(17-16-11)19-8-12(14)10(3)18-19/h4-5,8-9,15H,6-7H2,1-3H3. The predicted octanol–water partition coefficient (Wildman–Crippen LogP) is 2.37. The molecule has 0 atom stereocenters. The van der Waals surface area contributed by atoms with Crippen molar-refractivity contribution in [2.75, 3.05) is 6.54 Å². The molecule has 0 fully saturated rings. The third kappa shape index (κ3) is 3.75. The summed E-state index contributed by atoms with van der Waals surface area (Å²) >= 11 is 5.97. The fourth-order valence-electron chi connectivity index (χ4n) is 1.61. The van der Waals surface area contributed by atoms with Crippen molar-refractivity contribution < 1.29 is 0 Å². The van der Waals surface area contributed by atoms with E-state index >= 15 is 0 Å². The summed E-state index contributed by atoms with van der Waals surface area (Å²) in [6.45, 7) is 7.90. The molecule has 0 unspecified atom stereocenters. The Hall–Kier alpha value is -1.46. The van der Waals surface area contributed by atoms with E-state index in [1.165, 1.54) is 0 Å². The lowest BCUT2D eigenvalue weighted by Gasteiger charge is -2.06. The van der Waals surface area contributed by atoms with Crippen LogP contribution in [0, 0.1) is 12.8 Å². The van der Waals surface area contributed by atoms with Gasteiger partial charge < -0.3 is 5.32 Å². The molecule has 2 heterocycles. The summed E-state index contributed by atoms with van der Waals surface area (Å²) in [5, 5.41) is 16.5. The van der Waals surface area contributed by atoms with E-state index in [-0.39, 0.29) is 0 Å². The van der Waals surface area contributed by atoms with E-state index in [9.17, 15) is 0 Å². The van der Waals surface area contributed by atoms with Crippen LogP contribution in [0.25, 0.3) is 5.82 Å². The van der Waals surface area contributed by atoms with Crippen molar-refractivity contribution >= 4 is 11.6 Å². The number of halogens is 1. The van der Waals surface area contributed by atoms with Crippen LogP contribution in [-0.4, -0.2) is 26.5 Å². The molecule has 0 aromatic carbocycles. The van der Waals surface area contributed by atoms with E-state index < -0.39 is 0 Å². The Labute approximate surface area is 118 Å². The molecule has 0 aliphatic heterocycles. The summed E-state index contributed by atoms with van der Waals surface area (Å²) in [6, 6.07) is 3.84. The van der Waals surface area contributed by atoms with Crippen molar-refractivity contribution in [3.8, 4) is 5.82 Å². The van der Waals surface area contributed by atoms with E-state index in [4.69, 9.17) is 11.6 Å². The number of nitrogens with one attached hydrogen (secondary N) is 1. The molecule has 19 heavy (non-hydrogen) atoms. The van der Waals surface area contributed by atoms with Gasteiger partial charge in [-0.2, -0.15) is 10.2 Å². The monoisotopic (exact) mass is 279 g/mol. The quantitative estimate of drug-likeness (QED) is 0.913. The van der Waals surface area contributed by atoms with Gasteiger partial charge in [-0.15, -0.1) is 5.10 Å². The van der Waals surface area contributed by atoms with Crippen LogP contribution in [0.15, 0.2) is 18.3 Å². The first kappa shape index (κ1) is 14.0. The van der Waals surface area contributed by atoms with Crippen molar-refractivity contribution in [1.82, 2.24) is 25.3 Å². The van der Waals surface area contributed by atoms with Gasteiger partial charge in [0.25, 0.3) is 0 Å². The first-order chi connectivity index (χ1) is 9.06. The Morgan fingerprint density at radius 3 is 2.63 bits per heavy atom. The Balaban J connectivity index is 2.02. The number of hydrogen-bond acceptors (Lipinski definition) is 4. The average Bonchev–Trinajstić information content (AvgIpc) is 2.70. The van der Waals surface area contributed by atoms with Gasteiger partial charge in [-0.1, -0.05) is 25.4 Å². The number of nitrogens with zero attached hydrogens (tertiary/aromatic N) is 4. The first-order valence-electron chi connectivity index (χ1n) is 6.31. The van der Waals surface area contributed by atoms with E-state index in [0.717, 1.165) is 24.5 Å². The Kier molecular flexibility index (Phi) is 4.50. The molecule has 2 aromatic heterocycles. The van der Waals surface area contributed by atoms with Crippen LogP contribution in [0.4, 0.5) is 0 Å². The molecule has 1 N–H and O–H groups in total. The molecule has 0 amide bonds. The van der Waals surface area contributed by atoms with Crippen LogP contribution < -0.4 is 5.32 Å². The number of hydrogen-bond donors (Lipinski definition) is 1. The highest BCUT2D eigenvalue weighted by atomic mass is 35.5. The highest BCUT2D eigenvalue weighted by Gasteiger charge is 2.05. The summed E-state index contributed by atoms with van der Waals surface area (Å²) in [6.07, 6.45) is 1.73. The summed E-state index contributed by atoms with van der Waals surface area (Å²) < 4.78 is 1.63. The molecule has 0 saturated carbocycles. The van der Waals surface area contributed by atoms with Gasteiger partial charge in [-0.05, 0) is 31.5 Å². The molecule has 0 spiro atoms. The molecule has 0 saturated heterocycles. The maximum atomic E-state index is 5.97. The molecule has 2 aromatic rings. The second-order valence-electron chi connectivity index (χ2n) is 4.91. The smallest absolute Gasteiger partial charge is 0.175 e. The van der Waals surface area contributed by atoms with E-state index in [0.29, 0.717) is 16.8 Å². The zero-order chi connectivity index (χ0) is 13.8. The number of aryl methyl sites for hydroxylation is 1. The highest BCUT2D eigenvalue weighted by Crippen LogP contribution is 2.14. The number of aromatic nitrogens is 4. The molecule has 6 heteroatoms. The molecule has 2 rings (SSSR count). The lowest BCUT2D eigenvalue weighted by atomic mass is 10.2. The van der Waals surface area contributed by atoms with Crippen molar-refractivity contribution in [2.45, 2.75) is 27.3 Å². The highest BCUT2D eigenvalue weighted by molar-refractivity contribution is 6.31. The Morgan fingerprint density at radius 1 is 1.32 bits per heavy atom. The van der Waals surface area contributed by atoms with Crippen LogP contribution in [0.1, 0.15) is 25.2 Å². The number of rotatable bonds is 5. The zero-order valence-electron chi connectivity index (χ0n) is 11.4. The third-order valence-corrected chi connectivity index (χ3v) is 3.01. The van der Waals surface area contributed by atoms with Crippen LogP contribution in [-0.2, 0) is 6.54 Å². The fourth-order valence-corrected chi connectivity index (χ4v) is 1.74. The SMILES string of the molecule is Cc1nn(-c2ccc(CNCC(C)C)nn2)cc1Cl. The largest absolute Gasteiger partial charge is 0.311 e. The maximum Gasteiger partial charge on any atom is 0.175 e. The Morgan fingerprint density at radius 2 is 2.11 bits per heavy atom. The average molecular weight is 280 g/mol. The molecule has 0 bridgehead atoms. The fraction of sp³-hybridized carbons (Fsp3) is 0.462. The van der Waals surface area contributed by atoms with E-state index in [2.05, 4.69) is 34.5 Å². The lowest BCUT2D eigenvalue weighted by molar-refractivity contribution is 0.545. The van der Waals surface area contributed by atoms with Crippen molar-refractivity contribution in [3.05, 3.63) is 34.7 Å². The van der Waals surface area contributed by atoms with Gasteiger partial charge in [-0.25, -0.2) is 4.68 Å². The van der Waals surface area contributed by atoms with Crippen LogP contribution >= 0.6 is 11.6 Å². The van der Waals surface area contributed by atoms with Crippen LogP contribution in [0.3, 0.4) is 0 Å². The van der Waals surface area contributed by atoms with Gasteiger partial charge in [0.1, 0.15) is 0 Å². The summed E-state index contributed by atoms with van der Waals surface area (Å²) in [7, 11) is 0. The van der Waals surface area contributed by atoms with Crippen LogP contribution in [0.2, 0.25) is 5.02 Å². The van der Waals surface area contributed by atoms with Crippen molar-refractivity contribution in [3.63, 3.8) is 0 Å². The predicted molar refractivity (Wildman–Crippen MR) is 75.4 cm³/mol. The summed E-state index contributed by atoms with van der Waals surface area (Å²) in [4.78, 5) is 0.